The van der Waals surface area contributed by atoms with Gasteiger partial charge in [-0.25, -0.2) is 0 Å². The van der Waals surface area contributed by atoms with Crippen LogP contribution in [0.1, 0.15) is 0 Å². The summed E-state index contributed by atoms with van der Waals surface area (Å²) in [6.07, 6.45) is -6.94. The number of hydrogen-bond donors (Lipinski definition) is 7. The fourth-order valence-corrected chi connectivity index (χ4v) is 2.02. The second-order valence-corrected chi connectivity index (χ2v) is 4.73. The van der Waals surface area contributed by atoms with Crippen molar-refractivity contribution in [3.05, 3.63) is 10.4 Å². The molecule has 0 spiro atoms. The molecule has 1 aromatic rings. The lowest BCUT2D eigenvalue weighted by molar-refractivity contribution is -0.221. The van der Waals surface area contributed by atoms with E-state index in [4.69, 9.17) is 20.3 Å². The molecule has 0 amide bonds. The quantitative estimate of drug-likeness (QED) is 0.295. The maximum Gasteiger partial charge on any atom is 0.298 e. The van der Waals surface area contributed by atoms with E-state index in [1.54, 1.807) is 0 Å². The lowest BCUT2D eigenvalue weighted by Crippen LogP contribution is -2.60. The number of rotatable bonds is 4. The van der Waals surface area contributed by atoms with Crippen LogP contribution < -0.4 is 21.3 Å². The molecular formula is C11H18N4O7. The summed E-state index contributed by atoms with van der Waals surface area (Å²) in [5.41, 5.74) is 4.63. The van der Waals surface area contributed by atoms with Gasteiger partial charge < -0.3 is 41.0 Å². The Labute approximate surface area is 124 Å². The molecule has 0 radical (unpaired) electrons. The summed E-state index contributed by atoms with van der Waals surface area (Å²) >= 11 is 0. The zero-order chi connectivity index (χ0) is 16.4. The number of ether oxygens (including phenoxy) is 2. The van der Waals surface area contributed by atoms with E-state index in [9.17, 15) is 20.1 Å². The normalized spacial score (nSPS) is 31.8. The predicted octanol–water partition coefficient (Wildman–Crippen LogP) is -3.43. The first kappa shape index (κ1) is 16.5. The van der Waals surface area contributed by atoms with Gasteiger partial charge >= 0.3 is 0 Å². The van der Waals surface area contributed by atoms with Gasteiger partial charge in [0.1, 0.15) is 30.1 Å². The van der Waals surface area contributed by atoms with Crippen molar-refractivity contribution < 1.29 is 29.9 Å². The molecule has 2 heterocycles. The van der Waals surface area contributed by atoms with E-state index in [2.05, 4.69) is 15.3 Å². The van der Waals surface area contributed by atoms with E-state index < -0.39 is 42.8 Å². The summed E-state index contributed by atoms with van der Waals surface area (Å²) in [7, 11) is 1.28. The zero-order valence-electron chi connectivity index (χ0n) is 11.6. The number of nitrogens with one attached hydrogen (secondary N) is 2. The monoisotopic (exact) mass is 318 g/mol. The number of nitrogens with two attached hydrogens (primary N) is 1. The van der Waals surface area contributed by atoms with Gasteiger partial charge in [-0.1, -0.05) is 0 Å². The van der Waals surface area contributed by atoms with E-state index in [1.807, 2.05) is 0 Å². The summed E-state index contributed by atoms with van der Waals surface area (Å²) in [6, 6.07) is -0.119. The Bertz CT molecular complexity index is 578. The Kier molecular flexibility index (Phi) is 4.83. The highest BCUT2D eigenvalue weighted by Crippen LogP contribution is 2.23. The molecule has 124 valence electrons. The highest BCUT2D eigenvalue weighted by atomic mass is 16.6. The molecule has 0 aromatic carbocycles. The Morgan fingerprint density at radius 3 is 2.64 bits per heavy atom. The molecule has 11 nitrogen and oxygen atoms in total. The Morgan fingerprint density at radius 2 is 2.05 bits per heavy atom. The van der Waals surface area contributed by atoms with Gasteiger partial charge in [-0.15, -0.1) is 0 Å². The number of aliphatic hydroxyl groups excluding tert-OH is 4. The van der Waals surface area contributed by atoms with E-state index in [0.717, 1.165) is 0 Å². The SMILES string of the molecule is COc1nc(N[C@H]2O[C@@H](CO)[C@@H](O)[C@@H](O)[C@H]2O)c(N)c(=O)[nH]1. The Balaban J connectivity index is 2.26. The molecule has 1 fully saturated rings. The number of anilines is 2. The number of aliphatic hydroxyl groups is 4. The maximum absolute atomic E-state index is 11.6. The molecular weight excluding hydrogens is 300 g/mol. The largest absolute Gasteiger partial charge is 0.468 e. The number of aromatic amines is 1. The van der Waals surface area contributed by atoms with Gasteiger partial charge in [0, 0.05) is 0 Å². The van der Waals surface area contributed by atoms with Gasteiger partial charge in [-0.3, -0.25) is 9.78 Å². The van der Waals surface area contributed by atoms with Gasteiger partial charge in [0.25, 0.3) is 11.6 Å². The van der Waals surface area contributed by atoms with Gasteiger partial charge in [-0.2, -0.15) is 4.98 Å². The van der Waals surface area contributed by atoms with Gasteiger partial charge in [-0.05, 0) is 0 Å². The number of nitrogens with zero attached hydrogens (tertiary/aromatic N) is 1. The average Bonchev–Trinajstić information content (AvgIpc) is 2.51. The van der Waals surface area contributed by atoms with Gasteiger partial charge in [0.15, 0.2) is 12.0 Å². The van der Waals surface area contributed by atoms with Crippen LogP contribution in [0.5, 0.6) is 6.01 Å². The van der Waals surface area contributed by atoms with Crippen molar-refractivity contribution in [1.82, 2.24) is 9.97 Å². The van der Waals surface area contributed by atoms with E-state index in [-0.39, 0.29) is 17.5 Å². The van der Waals surface area contributed by atoms with Crippen LogP contribution in [-0.2, 0) is 4.74 Å². The third-order valence-corrected chi connectivity index (χ3v) is 3.30. The minimum absolute atomic E-state index is 0.119. The van der Waals surface area contributed by atoms with Crippen LogP contribution in [0.4, 0.5) is 11.5 Å². The lowest BCUT2D eigenvalue weighted by Gasteiger charge is -2.40. The second-order valence-electron chi connectivity index (χ2n) is 4.73. The molecule has 0 aliphatic carbocycles. The number of hydrogen-bond acceptors (Lipinski definition) is 10. The summed E-state index contributed by atoms with van der Waals surface area (Å²) in [6.45, 7) is -0.579. The fourth-order valence-electron chi connectivity index (χ4n) is 2.02. The summed E-state index contributed by atoms with van der Waals surface area (Å²) in [5, 5.41) is 40.9. The number of aromatic nitrogens is 2. The topological polar surface area (TPSA) is 183 Å². The Hall–Kier alpha value is -1.92. The van der Waals surface area contributed by atoms with Crippen LogP contribution in [0.3, 0.4) is 0 Å². The van der Waals surface area contributed by atoms with Gasteiger partial charge in [0.2, 0.25) is 0 Å². The molecule has 0 bridgehead atoms. The first-order chi connectivity index (χ1) is 10.4. The molecule has 11 heteroatoms. The van der Waals surface area contributed by atoms with E-state index in [0.29, 0.717) is 0 Å². The highest BCUT2D eigenvalue weighted by Gasteiger charge is 2.43. The van der Waals surface area contributed by atoms with Crippen molar-refractivity contribution in [1.29, 1.82) is 0 Å². The Morgan fingerprint density at radius 1 is 1.36 bits per heavy atom. The van der Waals surface area contributed by atoms with Crippen LogP contribution in [0.15, 0.2) is 4.79 Å². The average molecular weight is 318 g/mol. The minimum atomic E-state index is -1.56. The molecule has 2 rings (SSSR count). The van der Waals surface area contributed by atoms with Crippen molar-refractivity contribution in [2.24, 2.45) is 0 Å². The molecule has 1 saturated heterocycles. The van der Waals surface area contributed by atoms with Crippen LogP contribution in [-0.4, -0.2) is 74.8 Å². The second kappa shape index (κ2) is 6.46. The van der Waals surface area contributed by atoms with Crippen molar-refractivity contribution in [3.8, 4) is 6.01 Å². The molecule has 0 saturated carbocycles. The van der Waals surface area contributed by atoms with E-state index >= 15 is 0 Å². The summed E-state index contributed by atoms with van der Waals surface area (Å²) < 4.78 is 10.0. The standard InChI is InChI=1S/C11H18N4O7/c1-21-11-14-8(4(12)9(20)15-11)13-10-7(19)6(18)5(17)3(2-16)22-10/h3,5-7,10,16-19H,2,12H2,1H3,(H2,13,14,15,20)/t3-,5+,6+,7+,10-/m0/s1. The molecule has 1 aromatic heterocycles. The third kappa shape index (κ3) is 2.98. The first-order valence-corrected chi connectivity index (χ1v) is 6.39. The minimum Gasteiger partial charge on any atom is -0.468 e. The molecule has 1 aliphatic heterocycles. The van der Waals surface area contributed by atoms with Crippen molar-refractivity contribution in [3.63, 3.8) is 0 Å². The lowest BCUT2D eigenvalue weighted by atomic mass is 9.98. The van der Waals surface area contributed by atoms with Crippen LogP contribution >= 0.6 is 0 Å². The highest BCUT2D eigenvalue weighted by molar-refractivity contribution is 5.60. The zero-order valence-corrected chi connectivity index (χ0v) is 11.6. The van der Waals surface area contributed by atoms with Crippen molar-refractivity contribution >= 4 is 11.5 Å². The van der Waals surface area contributed by atoms with Crippen LogP contribution in [0, 0.1) is 0 Å². The van der Waals surface area contributed by atoms with Gasteiger partial charge in [0.05, 0.1) is 13.7 Å². The van der Waals surface area contributed by atoms with Crippen LogP contribution in [0.2, 0.25) is 0 Å². The summed E-state index contributed by atoms with van der Waals surface area (Å²) in [4.78, 5) is 17.7. The van der Waals surface area contributed by atoms with Crippen molar-refractivity contribution in [2.75, 3.05) is 24.8 Å². The molecule has 0 unspecified atom stereocenters. The first-order valence-electron chi connectivity index (χ1n) is 6.39. The number of H-pyrrole nitrogens is 1. The smallest absolute Gasteiger partial charge is 0.298 e. The summed E-state index contributed by atoms with van der Waals surface area (Å²) in [5.74, 6) is -0.134. The van der Waals surface area contributed by atoms with Crippen molar-refractivity contribution in [2.45, 2.75) is 30.6 Å². The molecule has 5 atom stereocenters. The third-order valence-electron chi connectivity index (χ3n) is 3.30. The predicted molar refractivity (Wildman–Crippen MR) is 73.2 cm³/mol. The van der Waals surface area contributed by atoms with E-state index in [1.165, 1.54) is 7.11 Å². The molecule has 1 aliphatic rings. The molecule has 8 N–H and O–H groups in total. The molecule has 22 heavy (non-hydrogen) atoms. The fraction of sp³-hybridized carbons (Fsp3) is 0.636. The van der Waals surface area contributed by atoms with Crippen LogP contribution in [0.25, 0.3) is 0 Å². The number of methoxy groups -OCH3 is 1. The number of nitrogen functional groups attached to an aromatic ring is 1. The maximum atomic E-state index is 11.6.